The Morgan fingerprint density at radius 1 is 1.05 bits per heavy atom. The van der Waals surface area contributed by atoms with Crippen molar-refractivity contribution in [2.75, 3.05) is 5.32 Å². The zero-order valence-corrected chi connectivity index (χ0v) is 9.63. The third-order valence-electron chi connectivity index (χ3n) is 2.36. The van der Waals surface area contributed by atoms with Gasteiger partial charge in [0.1, 0.15) is 11.6 Å². The molecule has 0 saturated heterocycles. The number of amides is 1. The van der Waals surface area contributed by atoms with Crippen molar-refractivity contribution in [3.8, 4) is 0 Å². The summed E-state index contributed by atoms with van der Waals surface area (Å²) in [4.78, 5) is 26.1. The predicted octanol–water partition coefficient (Wildman–Crippen LogP) is 2.17. The quantitative estimate of drug-likeness (QED) is 0.886. The number of hydrogen-bond donors (Lipinski definition) is 2. The molecule has 96 valence electrons. The normalized spacial score (nSPS) is 9.95. The van der Waals surface area contributed by atoms with Crippen LogP contribution in [0.1, 0.15) is 20.7 Å². The lowest BCUT2D eigenvalue weighted by atomic mass is 10.1. The van der Waals surface area contributed by atoms with E-state index in [1.165, 1.54) is 36.4 Å². The Bertz CT molecular complexity index is 609. The van der Waals surface area contributed by atoms with Crippen LogP contribution < -0.4 is 5.32 Å². The molecule has 0 aliphatic rings. The molecule has 0 saturated carbocycles. The van der Waals surface area contributed by atoms with Crippen LogP contribution in [0, 0.1) is 5.82 Å². The molecule has 0 aliphatic carbocycles. The first kappa shape index (κ1) is 12.7. The van der Waals surface area contributed by atoms with E-state index >= 15 is 0 Å². The number of nitrogens with zero attached hydrogens (tertiary/aromatic N) is 1. The van der Waals surface area contributed by atoms with Gasteiger partial charge in [0.25, 0.3) is 5.91 Å². The topological polar surface area (TPSA) is 79.3 Å². The lowest BCUT2D eigenvalue weighted by Crippen LogP contribution is -2.13. The molecule has 0 spiro atoms. The van der Waals surface area contributed by atoms with E-state index in [9.17, 15) is 14.0 Å². The second-order valence-electron chi connectivity index (χ2n) is 3.70. The highest BCUT2D eigenvalue weighted by Gasteiger charge is 2.08. The van der Waals surface area contributed by atoms with Crippen LogP contribution in [-0.4, -0.2) is 22.0 Å². The van der Waals surface area contributed by atoms with E-state index in [1.54, 1.807) is 0 Å². The highest BCUT2D eigenvalue weighted by atomic mass is 19.1. The van der Waals surface area contributed by atoms with Gasteiger partial charge in [0, 0.05) is 5.56 Å². The van der Waals surface area contributed by atoms with E-state index < -0.39 is 17.7 Å². The molecule has 2 rings (SSSR count). The Labute approximate surface area is 107 Å². The summed E-state index contributed by atoms with van der Waals surface area (Å²) >= 11 is 0. The number of rotatable bonds is 3. The fraction of sp³-hybridized carbons (Fsp3) is 0. The number of anilines is 1. The fourth-order valence-electron chi connectivity index (χ4n) is 1.40. The molecule has 1 heterocycles. The van der Waals surface area contributed by atoms with Crippen molar-refractivity contribution in [2.45, 2.75) is 0 Å². The average molecular weight is 260 g/mol. The van der Waals surface area contributed by atoms with Crippen LogP contribution in [0.3, 0.4) is 0 Å². The van der Waals surface area contributed by atoms with E-state index in [1.807, 2.05) is 0 Å². The van der Waals surface area contributed by atoms with Crippen molar-refractivity contribution >= 4 is 17.7 Å². The molecular weight excluding hydrogens is 251 g/mol. The molecule has 6 heteroatoms. The summed E-state index contributed by atoms with van der Waals surface area (Å²) in [6, 6.07) is 7.95. The van der Waals surface area contributed by atoms with E-state index in [0.29, 0.717) is 0 Å². The summed E-state index contributed by atoms with van der Waals surface area (Å²) in [7, 11) is 0. The van der Waals surface area contributed by atoms with Crippen molar-refractivity contribution in [3.63, 3.8) is 0 Å². The molecule has 19 heavy (non-hydrogen) atoms. The third-order valence-corrected chi connectivity index (χ3v) is 2.36. The van der Waals surface area contributed by atoms with Gasteiger partial charge in [-0.1, -0.05) is 0 Å². The van der Waals surface area contributed by atoms with Gasteiger partial charge in [-0.05, 0) is 36.4 Å². The molecule has 0 atom stereocenters. The molecule has 1 amide bonds. The van der Waals surface area contributed by atoms with Crippen LogP contribution in [0.15, 0.2) is 42.6 Å². The SMILES string of the molecule is O=C(O)c1ccc(C(=O)Nc2ccc(F)cn2)cc1. The summed E-state index contributed by atoms with van der Waals surface area (Å²) < 4.78 is 12.6. The van der Waals surface area contributed by atoms with Crippen LogP contribution in [0.5, 0.6) is 0 Å². The number of nitrogens with one attached hydrogen (secondary N) is 1. The number of pyridine rings is 1. The standard InChI is InChI=1S/C13H9FN2O3/c14-10-5-6-11(15-7-10)16-12(17)8-1-3-9(4-2-8)13(18)19/h1-7H,(H,18,19)(H,15,16,17). The van der Waals surface area contributed by atoms with Gasteiger partial charge < -0.3 is 10.4 Å². The highest BCUT2D eigenvalue weighted by Crippen LogP contribution is 2.09. The molecule has 0 unspecified atom stereocenters. The minimum absolute atomic E-state index is 0.0939. The van der Waals surface area contributed by atoms with Crippen molar-refractivity contribution in [3.05, 3.63) is 59.5 Å². The van der Waals surface area contributed by atoms with Crippen molar-refractivity contribution < 1.29 is 19.1 Å². The smallest absolute Gasteiger partial charge is 0.335 e. The number of aromatic carboxylic acids is 1. The Morgan fingerprint density at radius 3 is 2.21 bits per heavy atom. The Morgan fingerprint density at radius 2 is 1.68 bits per heavy atom. The molecular formula is C13H9FN2O3. The number of hydrogen-bond acceptors (Lipinski definition) is 3. The second-order valence-corrected chi connectivity index (χ2v) is 3.70. The van der Waals surface area contributed by atoms with Gasteiger partial charge in [-0.2, -0.15) is 0 Å². The van der Waals surface area contributed by atoms with Gasteiger partial charge in [-0.15, -0.1) is 0 Å². The average Bonchev–Trinajstić information content (AvgIpc) is 2.41. The number of halogens is 1. The van der Waals surface area contributed by atoms with Crippen LogP contribution in [0.2, 0.25) is 0 Å². The highest BCUT2D eigenvalue weighted by molar-refractivity contribution is 6.04. The Hall–Kier alpha value is -2.76. The first-order chi connectivity index (χ1) is 9.06. The van der Waals surface area contributed by atoms with Crippen LogP contribution in [0.4, 0.5) is 10.2 Å². The fourth-order valence-corrected chi connectivity index (χ4v) is 1.40. The maximum atomic E-state index is 12.6. The van der Waals surface area contributed by atoms with E-state index in [2.05, 4.69) is 10.3 Å². The number of carbonyl (C=O) groups excluding carboxylic acids is 1. The summed E-state index contributed by atoms with van der Waals surface area (Å²) in [6.07, 6.45) is 0.989. The minimum Gasteiger partial charge on any atom is -0.478 e. The number of carbonyl (C=O) groups is 2. The van der Waals surface area contributed by atoms with Gasteiger partial charge in [0.2, 0.25) is 0 Å². The molecule has 5 nitrogen and oxygen atoms in total. The predicted molar refractivity (Wildman–Crippen MR) is 65.5 cm³/mol. The first-order valence-electron chi connectivity index (χ1n) is 5.32. The van der Waals surface area contributed by atoms with Crippen LogP contribution >= 0.6 is 0 Å². The molecule has 0 fully saturated rings. The van der Waals surface area contributed by atoms with E-state index in [0.717, 1.165) is 6.20 Å². The molecule has 2 aromatic rings. The summed E-state index contributed by atoms with van der Waals surface area (Å²) in [5.41, 5.74) is 0.382. The molecule has 0 bridgehead atoms. The Kier molecular flexibility index (Phi) is 3.51. The van der Waals surface area contributed by atoms with Gasteiger partial charge in [0.05, 0.1) is 11.8 Å². The molecule has 0 aliphatic heterocycles. The monoisotopic (exact) mass is 260 g/mol. The third kappa shape index (κ3) is 3.12. The molecule has 1 aromatic heterocycles. The Balaban J connectivity index is 2.11. The van der Waals surface area contributed by atoms with Gasteiger partial charge in [0.15, 0.2) is 0 Å². The van der Waals surface area contributed by atoms with Gasteiger partial charge in [-0.3, -0.25) is 4.79 Å². The lowest BCUT2D eigenvalue weighted by molar-refractivity contribution is 0.0696. The first-order valence-corrected chi connectivity index (χ1v) is 5.32. The van der Waals surface area contributed by atoms with Gasteiger partial charge >= 0.3 is 5.97 Å². The van der Waals surface area contributed by atoms with Crippen molar-refractivity contribution in [1.82, 2.24) is 4.98 Å². The summed E-state index contributed by atoms with van der Waals surface area (Å²) in [5.74, 6) is -1.79. The lowest BCUT2D eigenvalue weighted by Gasteiger charge is -2.04. The second kappa shape index (κ2) is 5.26. The number of carboxylic acids is 1. The zero-order valence-electron chi connectivity index (χ0n) is 9.63. The summed E-state index contributed by atoms with van der Waals surface area (Å²) in [5, 5.41) is 11.2. The van der Waals surface area contributed by atoms with Crippen LogP contribution in [-0.2, 0) is 0 Å². The van der Waals surface area contributed by atoms with Crippen molar-refractivity contribution in [2.24, 2.45) is 0 Å². The van der Waals surface area contributed by atoms with E-state index in [4.69, 9.17) is 5.11 Å². The largest absolute Gasteiger partial charge is 0.478 e. The van der Waals surface area contributed by atoms with Gasteiger partial charge in [-0.25, -0.2) is 14.2 Å². The zero-order chi connectivity index (χ0) is 13.8. The molecule has 1 aromatic carbocycles. The molecule has 0 radical (unpaired) electrons. The number of carboxylic acid groups (broad SMARTS) is 1. The van der Waals surface area contributed by atoms with Crippen molar-refractivity contribution in [1.29, 1.82) is 0 Å². The number of aromatic nitrogens is 1. The number of benzene rings is 1. The molecule has 2 N–H and O–H groups in total. The minimum atomic E-state index is -1.06. The maximum Gasteiger partial charge on any atom is 0.335 e. The maximum absolute atomic E-state index is 12.6. The van der Waals surface area contributed by atoms with Crippen LogP contribution in [0.25, 0.3) is 0 Å². The summed E-state index contributed by atoms with van der Waals surface area (Å²) in [6.45, 7) is 0. The van der Waals surface area contributed by atoms with E-state index in [-0.39, 0.29) is 16.9 Å².